The van der Waals surface area contributed by atoms with Crippen molar-refractivity contribution in [2.24, 2.45) is 0 Å². The molecule has 1 saturated heterocycles. The van der Waals surface area contributed by atoms with Crippen molar-refractivity contribution >= 4 is 50.7 Å². The van der Waals surface area contributed by atoms with Gasteiger partial charge in [-0.2, -0.15) is 0 Å². The molecule has 1 heterocycles. The fraction of sp³-hybridized carbons (Fsp3) is 0.222. The first-order valence-electron chi connectivity index (χ1n) is 7.67. The molecule has 4 nitrogen and oxygen atoms in total. The lowest BCUT2D eigenvalue weighted by Gasteiger charge is -2.17. The van der Waals surface area contributed by atoms with Gasteiger partial charge in [-0.05, 0) is 42.3 Å². The molecule has 2 aromatic rings. The van der Waals surface area contributed by atoms with Crippen molar-refractivity contribution in [3.05, 3.63) is 57.5 Å². The van der Waals surface area contributed by atoms with Crippen LogP contribution in [0.25, 0.3) is 0 Å². The summed E-state index contributed by atoms with van der Waals surface area (Å²) in [6, 6.07) is 12.9. The lowest BCUT2D eigenvalue weighted by Crippen LogP contribution is -2.24. The number of benzene rings is 2. The summed E-state index contributed by atoms with van der Waals surface area (Å²) in [4.78, 5) is 25.9. The van der Waals surface area contributed by atoms with E-state index in [1.54, 1.807) is 23.1 Å². The quantitative estimate of drug-likeness (QED) is 0.816. The summed E-state index contributed by atoms with van der Waals surface area (Å²) in [6.07, 6.45) is 1.67. The molecule has 124 valence electrons. The van der Waals surface area contributed by atoms with Gasteiger partial charge in [-0.15, -0.1) is 0 Å². The van der Waals surface area contributed by atoms with Crippen LogP contribution in [-0.4, -0.2) is 18.4 Å². The van der Waals surface area contributed by atoms with Gasteiger partial charge in [0.25, 0.3) is 0 Å². The molecule has 0 aliphatic carbocycles. The maximum atomic E-state index is 12.3. The lowest BCUT2D eigenvalue weighted by atomic mass is 10.1. The number of hydrogen-bond donors (Lipinski definition) is 1. The summed E-state index contributed by atoms with van der Waals surface area (Å²) in [7, 11) is 0. The third-order valence-electron chi connectivity index (χ3n) is 3.86. The number of rotatable bonds is 4. The zero-order chi connectivity index (χ0) is 17.1. The summed E-state index contributed by atoms with van der Waals surface area (Å²) in [5, 5.41) is 3.28. The van der Waals surface area contributed by atoms with Gasteiger partial charge in [-0.1, -0.05) is 39.7 Å². The van der Waals surface area contributed by atoms with Crippen LogP contribution >= 0.6 is 27.5 Å². The third-order valence-corrected chi connectivity index (χ3v) is 4.69. The highest BCUT2D eigenvalue weighted by Gasteiger charge is 2.22. The third kappa shape index (κ3) is 3.97. The molecule has 1 fully saturated rings. The predicted octanol–water partition coefficient (Wildman–Crippen LogP) is 4.41. The van der Waals surface area contributed by atoms with Crippen LogP contribution in [0.15, 0.2) is 46.9 Å². The Morgan fingerprint density at radius 1 is 1.25 bits per heavy atom. The van der Waals surface area contributed by atoms with Crippen molar-refractivity contribution in [3.63, 3.8) is 0 Å². The predicted molar refractivity (Wildman–Crippen MR) is 99.5 cm³/mol. The van der Waals surface area contributed by atoms with E-state index in [0.717, 1.165) is 22.1 Å². The van der Waals surface area contributed by atoms with Gasteiger partial charge in [-0.3, -0.25) is 9.59 Å². The fourth-order valence-electron chi connectivity index (χ4n) is 2.72. The molecule has 0 atom stereocenters. The minimum Gasteiger partial charge on any atom is -0.324 e. The van der Waals surface area contributed by atoms with E-state index in [0.29, 0.717) is 23.7 Å². The molecule has 0 saturated carbocycles. The smallest absolute Gasteiger partial charge is 0.228 e. The van der Waals surface area contributed by atoms with Gasteiger partial charge >= 0.3 is 0 Å². The minimum atomic E-state index is -0.153. The Balaban J connectivity index is 1.74. The monoisotopic (exact) mass is 406 g/mol. The number of carbonyl (C=O) groups is 2. The van der Waals surface area contributed by atoms with E-state index in [-0.39, 0.29) is 18.2 Å². The van der Waals surface area contributed by atoms with Gasteiger partial charge in [0.05, 0.1) is 17.1 Å². The summed E-state index contributed by atoms with van der Waals surface area (Å²) >= 11 is 9.58. The highest BCUT2D eigenvalue weighted by molar-refractivity contribution is 9.10. The van der Waals surface area contributed by atoms with Crippen molar-refractivity contribution in [1.82, 2.24) is 0 Å². The molecule has 2 amide bonds. The Kier molecular flexibility index (Phi) is 5.21. The van der Waals surface area contributed by atoms with Gasteiger partial charge in [0.15, 0.2) is 0 Å². The number of anilines is 2. The van der Waals surface area contributed by atoms with E-state index in [2.05, 4.69) is 21.2 Å². The Bertz CT molecular complexity index is 794. The van der Waals surface area contributed by atoms with E-state index in [1.165, 1.54) is 0 Å². The molecule has 0 radical (unpaired) electrons. The topological polar surface area (TPSA) is 49.4 Å². The van der Waals surface area contributed by atoms with Crippen LogP contribution in [0.5, 0.6) is 0 Å². The van der Waals surface area contributed by atoms with Gasteiger partial charge in [0.1, 0.15) is 0 Å². The highest BCUT2D eigenvalue weighted by Crippen LogP contribution is 2.30. The molecule has 3 rings (SSSR count). The summed E-state index contributed by atoms with van der Waals surface area (Å²) in [5.74, 6) is -0.0522. The molecule has 0 spiro atoms. The molecule has 2 aromatic carbocycles. The van der Waals surface area contributed by atoms with Gasteiger partial charge in [0.2, 0.25) is 11.8 Å². The molecule has 6 heteroatoms. The summed E-state index contributed by atoms with van der Waals surface area (Å²) < 4.78 is 0.931. The van der Waals surface area contributed by atoms with Crippen molar-refractivity contribution in [3.8, 4) is 0 Å². The lowest BCUT2D eigenvalue weighted by molar-refractivity contribution is -0.117. The van der Waals surface area contributed by atoms with Gasteiger partial charge < -0.3 is 10.2 Å². The van der Waals surface area contributed by atoms with E-state index in [1.807, 2.05) is 24.3 Å². The zero-order valence-electron chi connectivity index (χ0n) is 12.9. The molecule has 1 aliphatic heterocycles. The van der Waals surface area contributed by atoms with E-state index >= 15 is 0 Å². The molecule has 0 unspecified atom stereocenters. The second-order valence-corrected chi connectivity index (χ2v) is 6.99. The van der Waals surface area contributed by atoms with Crippen LogP contribution in [0.2, 0.25) is 5.02 Å². The van der Waals surface area contributed by atoms with Crippen LogP contribution in [0, 0.1) is 0 Å². The fourth-order valence-corrected chi connectivity index (χ4v) is 3.34. The van der Waals surface area contributed by atoms with Gasteiger partial charge in [-0.25, -0.2) is 0 Å². The maximum absolute atomic E-state index is 12.3. The average Bonchev–Trinajstić information content (AvgIpc) is 2.95. The molecular weight excluding hydrogens is 392 g/mol. The van der Waals surface area contributed by atoms with Crippen LogP contribution in [-0.2, 0) is 16.0 Å². The molecule has 1 N–H and O–H groups in total. The zero-order valence-corrected chi connectivity index (χ0v) is 15.2. The molecule has 24 heavy (non-hydrogen) atoms. The Morgan fingerprint density at radius 3 is 2.79 bits per heavy atom. The highest BCUT2D eigenvalue weighted by atomic mass is 79.9. The Labute approximate surface area is 153 Å². The first-order valence-corrected chi connectivity index (χ1v) is 8.84. The molecule has 0 aromatic heterocycles. The van der Waals surface area contributed by atoms with Crippen molar-refractivity contribution < 1.29 is 9.59 Å². The Hall–Kier alpha value is -1.85. The van der Waals surface area contributed by atoms with Crippen molar-refractivity contribution in [1.29, 1.82) is 0 Å². The first kappa shape index (κ1) is 17.0. The van der Waals surface area contributed by atoms with Crippen LogP contribution in [0.3, 0.4) is 0 Å². The Morgan fingerprint density at radius 2 is 2.08 bits per heavy atom. The number of nitrogens with one attached hydrogen (secondary N) is 1. The number of carbonyl (C=O) groups excluding carboxylic acids is 2. The van der Waals surface area contributed by atoms with Crippen LogP contribution < -0.4 is 10.2 Å². The largest absolute Gasteiger partial charge is 0.324 e. The van der Waals surface area contributed by atoms with Gasteiger partial charge in [0, 0.05) is 23.1 Å². The standard InChI is InChI=1S/C18H16BrClN2O2/c19-13-4-1-3-12(9-13)10-17(23)21-16-11-14(6-7-15(16)20)22-8-2-5-18(22)24/h1,3-4,6-7,9,11H,2,5,8,10H2,(H,21,23). The molecular formula is C18H16BrClN2O2. The normalized spacial score (nSPS) is 14.1. The SMILES string of the molecule is O=C(Cc1cccc(Br)c1)Nc1cc(N2CCCC2=O)ccc1Cl. The van der Waals surface area contributed by atoms with Crippen LogP contribution in [0.4, 0.5) is 11.4 Å². The molecule has 1 aliphatic rings. The summed E-state index contributed by atoms with van der Waals surface area (Å²) in [6.45, 7) is 0.700. The van der Waals surface area contributed by atoms with E-state index in [4.69, 9.17) is 11.6 Å². The van der Waals surface area contributed by atoms with Crippen molar-refractivity contribution in [2.75, 3.05) is 16.8 Å². The average molecular weight is 408 g/mol. The number of hydrogen-bond acceptors (Lipinski definition) is 2. The van der Waals surface area contributed by atoms with Crippen LogP contribution in [0.1, 0.15) is 18.4 Å². The number of amides is 2. The van der Waals surface area contributed by atoms with E-state index < -0.39 is 0 Å². The second kappa shape index (κ2) is 7.36. The number of halogens is 2. The summed E-state index contributed by atoms with van der Waals surface area (Å²) in [5.41, 5.74) is 2.19. The number of nitrogens with zero attached hydrogens (tertiary/aromatic N) is 1. The van der Waals surface area contributed by atoms with E-state index in [9.17, 15) is 9.59 Å². The van der Waals surface area contributed by atoms with Crippen molar-refractivity contribution in [2.45, 2.75) is 19.3 Å². The maximum Gasteiger partial charge on any atom is 0.228 e. The molecule has 0 bridgehead atoms. The minimum absolute atomic E-state index is 0.101. The second-order valence-electron chi connectivity index (χ2n) is 5.67. The first-order chi connectivity index (χ1) is 11.5.